The predicted octanol–water partition coefficient (Wildman–Crippen LogP) is 5.15. The fourth-order valence-corrected chi connectivity index (χ4v) is 5.24. The van der Waals surface area contributed by atoms with Crippen LogP contribution in [0, 0.1) is 5.92 Å². The van der Waals surface area contributed by atoms with Gasteiger partial charge in [0, 0.05) is 25.0 Å². The molecule has 2 aromatic rings. The van der Waals surface area contributed by atoms with Gasteiger partial charge in [-0.15, -0.1) is 24.8 Å². The van der Waals surface area contributed by atoms with Crippen molar-refractivity contribution in [3.8, 4) is 0 Å². The smallest absolute Gasteiger partial charge is 0.234 e. The van der Waals surface area contributed by atoms with Crippen molar-refractivity contribution in [2.75, 3.05) is 59.0 Å². The van der Waals surface area contributed by atoms with Crippen molar-refractivity contribution in [1.82, 2.24) is 15.1 Å². The van der Waals surface area contributed by atoms with Crippen LogP contribution < -0.4 is 5.32 Å². The SMILES string of the molecule is CCN(CC)CC(=O)NCC(CCN1CCOCC1)(CC(C)C)c1cccc2ccccc12.Cl.Cl. The van der Waals surface area contributed by atoms with Crippen molar-refractivity contribution >= 4 is 41.5 Å². The lowest BCUT2D eigenvalue weighted by molar-refractivity contribution is -0.122. The van der Waals surface area contributed by atoms with Gasteiger partial charge >= 0.3 is 0 Å². The predicted molar refractivity (Wildman–Crippen MR) is 152 cm³/mol. The Balaban J connectivity index is 0.00000306. The molecule has 1 fully saturated rings. The van der Waals surface area contributed by atoms with Gasteiger partial charge in [0.25, 0.3) is 0 Å². The molecule has 0 bridgehead atoms. The van der Waals surface area contributed by atoms with Gasteiger partial charge in [0.15, 0.2) is 0 Å². The lowest BCUT2D eigenvalue weighted by Gasteiger charge is -2.39. The molecule has 35 heavy (non-hydrogen) atoms. The Labute approximate surface area is 224 Å². The summed E-state index contributed by atoms with van der Waals surface area (Å²) in [6.45, 7) is 16.3. The maximum absolute atomic E-state index is 12.9. The lowest BCUT2D eigenvalue weighted by atomic mass is 9.70. The van der Waals surface area contributed by atoms with E-state index in [9.17, 15) is 4.79 Å². The van der Waals surface area contributed by atoms with E-state index in [-0.39, 0.29) is 36.1 Å². The molecule has 0 spiro atoms. The Kier molecular flexibility index (Phi) is 14.2. The number of carbonyl (C=O) groups is 1. The summed E-state index contributed by atoms with van der Waals surface area (Å²) in [6, 6.07) is 15.3. The summed E-state index contributed by atoms with van der Waals surface area (Å²) in [6.07, 6.45) is 2.06. The highest BCUT2D eigenvalue weighted by atomic mass is 35.5. The number of benzene rings is 2. The van der Waals surface area contributed by atoms with Gasteiger partial charge in [0.2, 0.25) is 5.91 Å². The fraction of sp³-hybridized carbons (Fsp3) is 0.607. The molecule has 1 unspecified atom stereocenters. The van der Waals surface area contributed by atoms with Crippen molar-refractivity contribution in [2.45, 2.75) is 46.0 Å². The van der Waals surface area contributed by atoms with E-state index in [2.05, 4.69) is 85.3 Å². The molecule has 1 heterocycles. The number of likely N-dealkylation sites (N-methyl/N-ethyl adjacent to an activating group) is 1. The van der Waals surface area contributed by atoms with E-state index in [1.165, 1.54) is 16.3 Å². The van der Waals surface area contributed by atoms with Gasteiger partial charge in [0.05, 0.1) is 19.8 Å². The van der Waals surface area contributed by atoms with Crippen molar-refractivity contribution in [1.29, 1.82) is 0 Å². The number of hydrogen-bond acceptors (Lipinski definition) is 4. The van der Waals surface area contributed by atoms with Crippen LogP contribution in [0.4, 0.5) is 0 Å². The van der Waals surface area contributed by atoms with Gasteiger partial charge < -0.3 is 10.1 Å². The summed E-state index contributed by atoms with van der Waals surface area (Å²) >= 11 is 0. The summed E-state index contributed by atoms with van der Waals surface area (Å²) in [5.74, 6) is 0.645. The molecule has 1 saturated heterocycles. The number of nitrogens with zero attached hydrogens (tertiary/aromatic N) is 2. The van der Waals surface area contributed by atoms with E-state index < -0.39 is 0 Å². The van der Waals surface area contributed by atoms with Crippen molar-refractivity contribution in [2.24, 2.45) is 5.92 Å². The number of halogens is 2. The molecule has 1 aliphatic rings. The minimum Gasteiger partial charge on any atom is -0.379 e. The number of hydrogen-bond donors (Lipinski definition) is 1. The largest absolute Gasteiger partial charge is 0.379 e. The number of carbonyl (C=O) groups excluding carboxylic acids is 1. The number of morpholine rings is 1. The van der Waals surface area contributed by atoms with Crippen LogP contribution in [-0.4, -0.2) is 74.7 Å². The lowest BCUT2D eigenvalue weighted by Crippen LogP contribution is -2.47. The average Bonchev–Trinajstić information content (AvgIpc) is 2.84. The van der Waals surface area contributed by atoms with Crippen LogP contribution in [0.25, 0.3) is 10.8 Å². The van der Waals surface area contributed by atoms with E-state index in [0.29, 0.717) is 19.0 Å². The molecule has 1 aliphatic heterocycles. The van der Waals surface area contributed by atoms with Crippen molar-refractivity contribution in [3.63, 3.8) is 0 Å². The molecule has 5 nitrogen and oxygen atoms in total. The minimum absolute atomic E-state index is 0. The third-order valence-corrected chi connectivity index (χ3v) is 7.06. The molecule has 198 valence electrons. The first-order valence-electron chi connectivity index (χ1n) is 12.7. The monoisotopic (exact) mass is 525 g/mol. The summed E-state index contributed by atoms with van der Waals surface area (Å²) in [5.41, 5.74) is 1.25. The molecule has 3 rings (SSSR count). The Morgan fingerprint density at radius 1 is 1.06 bits per heavy atom. The number of rotatable bonds is 12. The maximum Gasteiger partial charge on any atom is 0.234 e. The second-order valence-corrected chi connectivity index (χ2v) is 9.85. The molecule has 0 aliphatic carbocycles. The van der Waals surface area contributed by atoms with Crippen molar-refractivity contribution in [3.05, 3.63) is 48.0 Å². The average molecular weight is 527 g/mol. The third-order valence-electron chi connectivity index (χ3n) is 7.06. The van der Waals surface area contributed by atoms with E-state index in [1.807, 2.05) is 0 Å². The summed E-state index contributed by atoms with van der Waals surface area (Å²) < 4.78 is 5.57. The number of nitrogens with one attached hydrogen (secondary N) is 1. The first-order valence-corrected chi connectivity index (χ1v) is 12.7. The number of ether oxygens (including phenoxy) is 1. The zero-order valence-electron chi connectivity index (χ0n) is 21.9. The first kappa shape index (κ1) is 31.7. The fourth-order valence-electron chi connectivity index (χ4n) is 5.24. The number of amides is 1. The van der Waals surface area contributed by atoms with Gasteiger partial charge in [-0.05, 0) is 54.7 Å². The topological polar surface area (TPSA) is 44.8 Å². The molecule has 0 radical (unpaired) electrons. The Morgan fingerprint density at radius 3 is 2.37 bits per heavy atom. The summed E-state index contributed by atoms with van der Waals surface area (Å²) in [4.78, 5) is 17.6. The maximum atomic E-state index is 12.9. The highest BCUT2D eigenvalue weighted by molar-refractivity contribution is 5.87. The Morgan fingerprint density at radius 2 is 1.71 bits per heavy atom. The Hall–Kier alpha value is -1.37. The van der Waals surface area contributed by atoms with E-state index in [0.717, 1.165) is 58.8 Å². The van der Waals surface area contributed by atoms with Crippen LogP contribution in [0.5, 0.6) is 0 Å². The molecule has 0 saturated carbocycles. The zero-order valence-corrected chi connectivity index (χ0v) is 23.6. The van der Waals surface area contributed by atoms with E-state index >= 15 is 0 Å². The molecule has 7 heteroatoms. The van der Waals surface area contributed by atoms with E-state index in [4.69, 9.17) is 4.74 Å². The second kappa shape index (κ2) is 15.7. The van der Waals surface area contributed by atoms with Crippen LogP contribution >= 0.6 is 24.8 Å². The van der Waals surface area contributed by atoms with Crippen LogP contribution in [0.3, 0.4) is 0 Å². The van der Waals surface area contributed by atoms with Crippen LogP contribution in [0.2, 0.25) is 0 Å². The van der Waals surface area contributed by atoms with Gasteiger partial charge in [0.1, 0.15) is 0 Å². The summed E-state index contributed by atoms with van der Waals surface area (Å²) in [7, 11) is 0. The highest BCUT2D eigenvalue weighted by Gasteiger charge is 2.35. The van der Waals surface area contributed by atoms with Gasteiger partial charge in [-0.25, -0.2) is 0 Å². The molecular weight excluding hydrogens is 481 g/mol. The van der Waals surface area contributed by atoms with Gasteiger partial charge in [-0.1, -0.05) is 70.2 Å². The van der Waals surface area contributed by atoms with Gasteiger partial charge in [-0.3, -0.25) is 14.6 Å². The standard InChI is InChI=1S/C28H43N3O2.2ClH/c1-5-30(6-2)21-27(32)29-22-28(20-23(3)4,14-15-31-16-18-33-19-17-31)26-13-9-11-24-10-7-8-12-25(24)26;;/h7-13,23H,5-6,14-22H2,1-4H3,(H,29,32);2*1H. The van der Waals surface area contributed by atoms with Gasteiger partial charge in [-0.2, -0.15) is 0 Å². The molecule has 1 N–H and O–H groups in total. The van der Waals surface area contributed by atoms with Crippen LogP contribution in [0.1, 0.15) is 46.1 Å². The van der Waals surface area contributed by atoms with E-state index in [1.54, 1.807) is 0 Å². The molecule has 1 amide bonds. The molecule has 0 aromatic heterocycles. The van der Waals surface area contributed by atoms with Crippen LogP contribution in [-0.2, 0) is 14.9 Å². The molecule has 1 atom stereocenters. The Bertz CT molecular complexity index is 880. The first-order chi connectivity index (χ1) is 16.0. The van der Waals surface area contributed by atoms with Crippen LogP contribution in [0.15, 0.2) is 42.5 Å². The quantitative estimate of drug-likeness (QED) is 0.416. The molecular formula is C28H45Cl2N3O2. The second-order valence-electron chi connectivity index (χ2n) is 9.85. The highest BCUT2D eigenvalue weighted by Crippen LogP contribution is 2.39. The minimum atomic E-state index is -0.119. The summed E-state index contributed by atoms with van der Waals surface area (Å²) in [5, 5.41) is 5.93. The molecule has 2 aromatic carbocycles. The zero-order chi connectivity index (χ0) is 23.7. The van der Waals surface area contributed by atoms with Crippen molar-refractivity contribution < 1.29 is 9.53 Å². The normalized spacial score (nSPS) is 15.9. The number of fused-ring (bicyclic) bond motifs is 1. The third kappa shape index (κ3) is 8.91.